The Hall–Kier alpha value is -1.08. The highest BCUT2D eigenvalue weighted by Crippen LogP contribution is 2.29. The fourth-order valence-corrected chi connectivity index (χ4v) is 2.55. The van der Waals surface area contributed by atoms with Gasteiger partial charge in [-0.05, 0) is 22.4 Å². The van der Waals surface area contributed by atoms with E-state index in [1.807, 2.05) is 4.90 Å². The number of carboxylic acid groups (broad SMARTS) is 1. The van der Waals surface area contributed by atoms with Crippen molar-refractivity contribution >= 4 is 27.7 Å². The molecule has 1 unspecified atom stereocenters. The number of rotatable bonds is 2. The van der Waals surface area contributed by atoms with Crippen LogP contribution >= 0.6 is 15.9 Å². The smallest absolute Gasteiger partial charge is 0.342 e. The van der Waals surface area contributed by atoms with Crippen LogP contribution < -0.4 is 4.90 Å². The Morgan fingerprint density at radius 3 is 2.81 bits per heavy atom. The lowest BCUT2D eigenvalue weighted by Crippen LogP contribution is -2.25. The van der Waals surface area contributed by atoms with E-state index < -0.39 is 12.1 Å². The number of aromatic nitrogens is 2. The van der Waals surface area contributed by atoms with Crippen molar-refractivity contribution in [3.8, 4) is 0 Å². The summed E-state index contributed by atoms with van der Waals surface area (Å²) < 4.78 is 1.84. The lowest BCUT2D eigenvalue weighted by Gasteiger charge is -2.18. The van der Waals surface area contributed by atoms with Crippen LogP contribution in [-0.4, -0.2) is 45.2 Å². The van der Waals surface area contributed by atoms with Gasteiger partial charge in [0.1, 0.15) is 16.0 Å². The second-order valence-electron chi connectivity index (χ2n) is 3.81. The molecule has 0 saturated carbocycles. The molecule has 0 spiro atoms. The van der Waals surface area contributed by atoms with Crippen LogP contribution in [0, 0.1) is 0 Å². The Labute approximate surface area is 101 Å². The minimum Gasteiger partial charge on any atom is -0.477 e. The van der Waals surface area contributed by atoms with Crippen molar-refractivity contribution in [2.45, 2.75) is 12.5 Å². The molecule has 88 valence electrons. The van der Waals surface area contributed by atoms with Crippen LogP contribution in [0.5, 0.6) is 0 Å². The SMILES string of the molecule is Cn1nc(Br)c(C(=O)O)c1N1CCC(O)C1. The van der Waals surface area contributed by atoms with E-state index in [0.717, 1.165) is 0 Å². The summed E-state index contributed by atoms with van der Waals surface area (Å²) in [7, 11) is 1.69. The average Bonchev–Trinajstić information content (AvgIpc) is 2.69. The third-order valence-corrected chi connectivity index (χ3v) is 3.21. The molecule has 2 N–H and O–H groups in total. The van der Waals surface area contributed by atoms with Gasteiger partial charge in [0.25, 0.3) is 0 Å². The third kappa shape index (κ3) is 1.80. The maximum Gasteiger partial charge on any atom is 0.342 e. The number of aromatic carboxylic acids is 1. The second kappa shape index (κ2) is 4.06. The van der Waals surface area contributed by atoms with Crippen molar-refractivity contribution in [1.29, 1.82) is 0 Å². The molecule has 1 aliphatic heterocycles. The topological polar surface area (TPSA) is 78.6 Å². The highest BCUT2D eigenvalue weighted by atomic mass is 79.9. The number of anilines is 1. The van der Waals surface area contributed by atoms with Gasteiger partial charge in [-0.1, -0.05) is 0 Å². The highest BCUT2D eigenvalue weighted by Gasteiger charge is 2.29. The van der Waals surface area contributed by atoms with Gasteiger partial charge in [-0.3, -0.25) is 4.68 Å². The zero-order valence-corrected chi connectivity index (χ0v) is 10.3. The number of carbonyl (C=O) groups is 1. The molecule has 1 atom stereocenters. The van der Waals surface area contributed by atoms with E-state index in [1.165, 1.54) is 4.68 Å². The zero-order valence-electron chi connectivity index (χ0n) is 8.72. The summed E-state index contributed by atoms with van der Waals surface area (Å²) in [6, 6.07) is 0. The van der Waals surface area contributed by atoms with Gasteiger partial charge in [-0.2, -0.15) is 5.10 Å². The number of aryl methyl sites for hydroxylation is 1. The molecule has 1 aromatic heterocycles. The van der Waals surface area contributed by atoms with Crippen LogP contribution in [0.15, 0.2) is 4.60 Å². The molecule has 1 fully saturated rings. The number of aliphatic hydroxyl groups is 1. The second-order valence-corrected chi connectivity index (χ2v) is 4.56. The number of hydrogen-bond acceptors (Lipinski definition) is 4. The Bertz CT molecular complexity index is 432. The summed E-state index contributed by atoms with van der Waals surface area (Å²) >= 11 is 3.13. The van der Waals surface area contributed by atoms with Crippen molar-refractivity contribution in [2.75, 3.05) is 18.0 Å². The molecule has 1 saturated heterocycles. The van der Waals surface area contributed by atoms with E-state index in [4.69, 9.17) is 5.11 Å². The normalized spacial score (nSPS) is 20.4. The maximum atomic E-state index is 11.1. The van der Waals surface area contributed by atoms with Crippen LogP contribution in [0.2, 0.25) is 0 Å². The van der Waals surface area contributed by atoms with Gasteiger partial charge in [0.2, 0.25) is 0 Å². The Morgan fingerprint density at radius 2 is 2.31 bits per heavy atom. The fourth-order valence-electron chi connectivity index (χ4n) is 1.96. The van der Waals surface area contributed by atoms with Crippen LogP contribution in [-0.2, 0) is 7.05 Å². The Balaban J connectivity index is 2.43. The molecule has 0 aliphatic carbocycles. The molecule has 1 aromatic rings. The minimum absolute atomic E-state index is 0.150. The molecule has 0 bridgehead atoms. The molecule has 0 radical (unpaired) electrons. The van der Waals surface area contributed by atoms with E-state index in [1.54, 1.807) is 7.05 Å². The highest BCUT2D eigenvalue weighted by molar-refractivity contribution is 9.10. The summed E-state index contributed by atoms with van der Waals surface area (Å²) in [6.45, 7) is 1.10. The number of nitrogens with zero attached hydrogens (tertiary/aromatic N) is 3. The van der Waals surface area contributed by atoms with Crippen molar-refractivity contribution < 1.29 is 15.0 Å². The predicted molar refractivity (Wildman–Crippen MR) is 60.7 cm³/mol. The summed E-state index contributed by atoms with van der Waals surface area (Å²) in [6.07, 6.45) is 0.261. The van der Waals surface area contributed by atoms with Gasteiger partial charge in [0.05, 0.1) is 6.10 Å². The predicted octanol–water partition coefficient (Wildman–Crippen LogP) is 0.452. The first-order valence-corrected chi connectivity index (χ1v) is 5.68. The number of β-amino-alcohol motifs (C(OH)–C–C–N with tert-alkyl or cyclic N) is 1. The lowest BCUT2D eigenvalue weighted by molar-refractivity contribution is 0.0696. The van der Waals surface area contributed by atoms with E-state index in [-0.39, 0.29) is 5.56 Å². The minimum atomic E-state index is -1.02. The number of hydrogen-bond donors (Lipinski definition) is 2. The van der Waals surface area contributed by atoms with Gasteiger partial charge in [-0.25, -0.2) is 4.79 Å². The molecule has 1 aliphatic rings. The first-order chi connectivity index (χ1) is 7.50. The lowest BCUT2D eigenvalue weighted by atomic mass is 10.3. The van der Waals surface area contributed by atoms with E-state index in [2.05, 4.69) is 21.0 Å². The first kappa shape index (κ1) is 11.4. The van der Waals surface area contributed by atoms with Crippen LogP contribution in [0.4, 0.5) is 5.82 Å². The zero-order chi connectivity index (χ0) is 11.9. The molecular formula is C9H12BrN3O3. The van der Waals surface area contributed by atoms with Crippen molar-refractivity contribution in [1.82, 2.24) is 9.78 Å². The van der Waals surface area contributed by atoms with E-state index >= 15 is 0 Å². The van der Waals surface area contributed by atoms with Gasteiger partial charge < -0.3 is 15.1 Å². The Kier molecular flexibility index (Phi) is 2.90. The largest absolute Gasteiger partial charge is 0.477 e. The first-order valence-electron chi connectivity index (χ1n) is 4.89. The van der Waals surface area contributed by atoms with E-state index in [0.29, 0.717) is 29.9 Å². The average molecular weight is 290 g/mol. The van der Waals surface area contributed by atoms with Crippen molar-refractivity contribution in [3.63, 3.8) is 0 Å². The van der Waals surface area contributed by atoms with Gasteiger partial charge in [-0.15, -0.1) is 0 Å². The standard InChI is InChI=1S/C9H12BrN3O3/c1-12-8(13-3-2-5(14)4-13)6(9(15)16)7(10)11-12/h5,14H,2-4H2,1H3,(H,15,16). The molecular weight excluding hydrogens is 278 g/mol. The van der Waals surface area contributed by atoms with Crippen molar-refractivity contribution in [2.24, 2.45) is 7.05 Å². The van der Waals surface area contributed by atoms with Gasteiger partial charge in [0.15, 0.2) is 0 Å². The molecule has 0 aromatic carbocycles. The van der Waals surface area contributed by atoms with E-state index in [9.17, 15) is 9.90 Å². The summed E-state index contributed by atoms with van der Waals surface area (Å²) in [4.78, 5) is 13.0. The molecule has 16 heavy (non-hydrogen) atoms. The maximum absolute atomic E-state index is 11.1. The summed E-state index contributed by atoms with van der Waals surface area (Å²) in [5.74, 6) is -0.479. The molecule has 0 amide bonds. The number of carboxylic acids is 1. The van der Waals surface area contributed by atoms with Gasteiger partial charge in [0, 0.05) is 20.1 Å². The van der Waals surface area contributed by atoms with Crippen LogP contribution in [0.1, 0.15) is 16.8 Å². The molecule has 6 nitrogen and oxygen atoms in total. The molecule has 2 rings (SSSR count). The quantitative estimate of drug-likeness (QED) is 0.827. The Morgan fingerprint density at radius 1 is 1.62 bits per heavy atom. The van der Waals surface area contributed by atoms with Crippen LogP contribution in [0.3, 0.4) is 0 Å². The number of aliphatic hydroxyl groups excluding tert-OH is 1. The fraction of sp³-hybridized carbons (Fsp3) is 0.556. The summed E-state index contributed by atoms with van der Waals surface area (Å²) in [5.41, 5.74) is 0.150. The van der Waals surface area contributed by atoms with Crippen molar-refractivity contribution in [3.05, 3.63) is 10.2 Å². The number of halogens is 1. The third-order valence-electron chi connectivity index (χ3n) is 2.65. The summed E-state index contributed by atoms with van der Waals surface area (Å²) in [5, 5.41) is 22.6. The molecule has 7 heteroatoms. The van der Waals surface area contributed by atoms with Crippen LogP contribution in [0.25, 0.3) is 0 Å². The van der Waals surface area contributed by atoms with Gasteiger partial charge >= 0.3 is 5.97 Å². The monoisotopic (exact) mass is 289 g/mol. The molecule has 2 heterocycles.